The zero-order valence-corrected chi connectivity index (χ0v) is 13.0. The van der Waals surface area contributed by atoms with E-state index in [1.54, 1.807) is 7.11 Å². The number of halogens is 2. The minimum atomic E-state index is 0.540. The molecule has 0 amide bonds. The minimum absolute atomic E-state index is 0.540. The van der Waals surface area contributed by atoms with E-state index in [1.165, 1.54) is 0 Å². The van der Waals surface area contributed by atoms with E-state index in [4.69, 9.17) is 9.47 Å². The van der Waals surface area contributed by atoms with Crippen molar-refractivity contribution in [3.8, 4) is 11.5 Å². The third-order valence-corrected chi connectivity index (χ3v) is 3.68. The van der Waals surface area contributed by atoms with Crippen molar-refractivity contribution in [2.75, 3.05) is 7.11 Å². The molecule has 0 fully saturated rings. The zero-order valence-electron chi connectivity index (χ0n) is 9.82. The maximum absolute atomic E-state index is 5.77. The Bertz CT molecular complexity index is 527. The molecule has 0 bridgehead atoms. The molecule has 18 heavy (non-hydrogen) atoms. The van der Waals surface area contributed by atoms with E-state index in [0.717, 1.165) is 26.0 Å². The monoisotopic (exact) mass is 370 g/mol. The minimum Gasteiger partial charge on any atom is -0.496 e. The number of benzene rings is 2. The second kappa shape index (κ2) is 6.25. The molecule has 0 aliphatic heterocycles. The van der Waals surface area contributed by atoms with E-state index in [2.05, 4.69) is 31.9 Å². The summed E-state index contributed by atoms with van der Waals surface area (Å²) < 4.78 is 12.7. The molecule has 0 saturated carbocycles. The predicted molar refractivity (Wildman–Crippen MR) is 79.2 cm³/mol. The summed E-state index contributed by atoms with van der Waals surface area (Å²) >= 11 is 6.91. The summed E-state index contributed by atoms with van der Waals surface area (Å²) in [5, 5.41) is 0. The van der Waals surface area contributed by atoms with E-state index in [9.17, 15) is 0 Å². The molecule has 0 N–H and O–H groups in total. The van der Waals surface area contributed by atoms with Gasteiger partial charge in [-0.3, -0.25) is 0 Å². The highest BCUT2D eigenvalue weighted by Gasteiger charge is 2.08. The number of ether oxygens (including phenoxy) is 2. The maximum Gasteiger partial charge on any atom is 0.135 e. The van der Waals surface area contributed by atoms with Crippen LogP contribution in [0.4, 0.5) is 0 Å². The van der Waals surface area contributed by atoms with Gasteiger partial charge in [0, 0.05) is 0 Å². The van der Waals surface area contributed by atoms with Crippen molar-refractivity contribution in [2.45, 2.75) is 6.61 Å². The van der Waals surface area contributed by atoms with Gasteiger partial charge >= 0.3 is 0 Å². The van der Waals surface area contributed by atoms with Gasteiger partial charge in [-0.25, -0.2) is 0 Å². The highest BCUT2D eigenvalue weighted by molar-refractivity contribution is 9.11. The van der Waals surface area contributed by atoms with Crippen molar-refractivity contribution < 1.29 is 9.47 Å². The zero-order chi connectivity index (χ0) is 13.0. The van der Waals surface area contributed by atoms with Gasteiger partial charge in [0.2, 0.25) is 0 Å². The summed E-state index contributed by atoms with van der Waals surface area (Å²) in [6.07, 6.45) is 0. The fourth-order valence-electron chi connectivity index (χ4n) is 1.51. The lowest BCUT2D eigenvalue weighted by Crippen LogP contribution is -1.96. The van der Waals surface area contributed by atoms with E-state index in [1.807, 2.05) is 42.5 Å². The van der Waals surface area contributed by atoms with Crippen LogP contribution in [0.15, 0.2) is 51.4 Å². The number of methoxy groups -OCH3 is 1. The van der Waals surface area contributed by atoms with Gasteiger partial charge in [-0.15, -0.1) is 0 Å². The molecule has 2 rings (SSSR count). The first-order valence-electron chi connectivity index (χ1n) is 5.40. The fraction of sp³-hybridized carbons (Fsp3) is 0.143. The third kappa shape index (κ3) is 3.27. The molecular weight excluding hydrogens is 360 g/mol. The largest absolute Gasteiger partial charge is 0.496 e. The van der Waals surface area contributed by atoms with Gasteiger partial charge in [-0.05, 0) is 49.6 Å². The van der Waals surface area contributed by atoms with Gasteiger partial charge in [0.15, 0.2) is 0 Å². The molecular formula is C14H12Br2O2. The summed E-state index contributed by atoms with van der Waals surface area (Å²) in [7, 11) is 1.64. The van der Waals surface area contributed by atoms with Gasteiger partial charge < -0.3 is 9.47 Å². The highest BCUT2D eigenvalue weighted by atomic mass is 79.9. The molecule has 2 nitrogen and oxygen atoms in total. The summed E-state index contributed by atoms with van der Waals surface area (Å²) in [6, 6.07) is 13.8. The lowest BCUT2D eigenvalue weighted by molar-refractivity contribution is 0.303. The molecule has 0 heterocycles. The lowest BCUT2D eigenvalue weighted by atomic mass is 10.2. The summed E-state index contributed by atoms with van der Waals surface area (Å²) in [5.74, 6) is 1.56. The van der Waals surface area contributed by atoms with Crippen molar-refractivity contribution in [3.05, 3.63) is 57.0 Å². The average Bonchev–Trinajstić information content (AvgIpc) is 2.40. The predicted octanol–water partition coefficient (Wildman–Crippen LogP) is 4.80. The second-order valence-corrected chi connectivity index (χ2v) is 5.40. The summed E-state index contributed by atoms with van der Waals surface area (Å²) in [4.78, 5) is 0. The van der Waals surface area contributed by atoms with Crippen LogP contribution in [-0.2, 0) is 6.61 Å². The average molecular weight is 372 g/mol. The summed E-state index contributed by atoms with van der Waals surface area (Å²) in [6.45, 7) is 0.540. The Morgan fingerprint density at radius 1 is 0.944 bits per heavy atom. The Morgan fingerprint density at radius 2 is 1.56 bits per heavy atom. The highest BCUT2D eigenvalue weighted by Crippen LogP contribution is 2.36. The van der Waals surface area contributed by atoms with Crippen LogP contribution in [0.3, 0.4) is 0 Å². The molecule has 0 unspecified atom stereocenters. The van der Waals surface area contributed by atoms with Crippen LogP contribution in [0.1, 0.15) is 5.56 Å². The maximum atomic E-state index is 5.77. The Labute approximate surface area is 123 Å². The van der Waals surface area contributed by atoms with Gasteiger partial charge in [0.1, 0.15) is 18.1 Å². The van der Waals surface area contributed by atoms with Crippen molar-refractivity contribution >= 4 is 31.9 Å². The first-order valence-corrected chi connectivity index (χ1v) is 6.99. The molecule has 0 radical (unpaired) electrons. The molecule has 4 heteroatoms. The van der Waals surface area contributed by atoms with E-state index >= 15 is 0 Å². The number of hydrogen-bond donors (Lipinski definition) is 0. The Hall–Kier alpha value is -1.00. The smallest absolute Gasteiger partial charge is 0.135 e. The van der Waals surface area contributed by atoms with Crippen molar-refractivity contribution in [3.63, 3.8) is 0 Å². The van der Waals surface area contributed by atoms with Crippen LogP contribution in [0.2, 0.25) is 0 Å². The molecule has 0 aliphatic carbocycles. The van der Waals surface area contributed by atoms with Gasteiger partial charge in [0.05, 0.1) is 16.1 Å². The van der Waals surface area contributed by atoms with E-state index in [0.29, 0.717) is 6.61 Å². The topological polar surface area (TPSA) is 18.5 Å². The first kappa shape index (κ1) is 13.4. The van der Waals surface area contributed by atoms with E-state index in [-0.39, 0.29) is 0 Å². The molecule has 2 aromatic carbocycles. The molecule has 0 atom stereocenters. The lowest BCUT2D eigenvalue weighted by Gasteiger charge is -2.11. The molecule has 0 aromatic heterocycles. The van der Waals surface area contributed by atoms with Crippen LogP contribution in [-0.4, -0.2) is 7.11 Å². The molecule has 2 aromatic rings. The fourth-order valence-corrected chi connectivity index (χ4v) is 2.43. The molecule has 0 spiro atoms. The van der Waals surface area contributed by atoms with Crippen LogP contribution >= 0.6 is 31.9 Å². The van der Waals surface area contributed by atoms with Gasteiger partial charge in [0.25, 0.3) is 0 Å². The number of rotatable bonds is 4. The molecule has 0 aliphatic rings. The standard InChI is InChI=1S/C14H12Br2O2/c1-17-13-7-12(16)14(8-11(13)15)18-9-10-5-3-2-4-6-10/h2-8H,9H2,1H3. The molecule has 0 saturated heterocycles. The third-order valence-electron chi connectivity index (χ3n) is 2.44. The van der Waals surface area contributed by atoms with Crippen LogP contribution in [0.25, 0.3) is 0 Å². The van der Waals surface area contributed by atoms with Crippen LogP contribution in [0.5, 0.6) is 11.5 Å². The molecule has 94 valence electrons. The van der Waals surface area contributed by atoms with E-state index < -0.39 is 0 Å². The quantitative estimate of drug-likeness (QED) is 0.768. The first-order chi connectivity index (χ1) is 8.70. The normalized spacial score (nSPS) is 10.2. The van der Waals surface area contributed by atoms with Crippen LogP contribution < -0.4 is 9.47 Å². The Balaban J connectivity index is 2.13. The van der Waals surface area contributed by atoms with Crippen LogP contribution in [0, 0.1) is 0 Å². The van der Waals surface area contributed by atoms with Gasteiger partial charge in [-0.2, -0.15) is 0 Å². The summed E-state index contributed by atoms with van der Waals surface area (Å²) in [5.41, 5.74) is 1.14. The second-order valence-electron chi connectivity index (χ2n) is 3.69. The number of hydrogen-bond acceptors (Lipinski definition) is 2. The Morgan fingerprint density at radius 3 is 2.22 bits per heavy atom. The van der Waals surface area contributed by atoms with Gasteiger partial charge in [-0.1, -0.05) is 30.3 Å². The van der Waals surface area contributed by atoms with Crippen molar-refractivity contribution in [1.29, 1.82) is 0 Å². The van der Waals surface area contributed by atoms with Crippen molar-refractivity contribution in [1.82, 2.24) is 0 Å². The Kier molecular flexibility index (Phi) is 4.66. The SMILES string of the molecule is COc1cc(Br)c(OCc2ccccc2)cc1Br. The van der Waals surface area contributed by atoms with Crippen molar-refractivity contribution in [2.24, 2.45) is 0 Å².